The third kappa shape index (κ3) is 5.66. The predicted octanol–water partition coefficient (Wildman–Crippen LogP) is 4.52. The molecular formula is C23H20BrF3N2O4. The fourth-order valence-electron chi connectivity index (χ4n) is 3.72. The third-order valence-corrected chi connectivity index (χ3v) is 6.16. The summed E-state index contributed by atoms with van der Waals surface area (Å²) in [6.07, 6.45) is 1.22. The van der Waals surface area contributed by atoms with Crippen molar-refractivity contribution >= 4 is 27.8 Å². The summed E-state index contributed by atoms with van der Waals surface area (Å²) in [4.78, 5) is 25.0. The first-order chi connectivity index (χ1) is 15.6. The molecule has 33 heavy (non-hydrogen) atoms. The maximum absolute atomic E-state index is 14.1. The molecule has 0 bridgehead atoms. The normalized spacial score (nSPS) is 15.5. The maximum atomic E-state index is 14.1. The molecule has 0 atom stereocenters. The van der Waals surface area contributed by atoms with E-state index in [9.17, 15) is 28.0 Å². The third-order valence-electron chi connectivity index (χ3n) is 5.67. The van der Waals surface area contributed by atoms with Gasteiger partial charge in [-0.25, -0.2) is 9.18 Å². The van der Waals surface area contributed by atoms with E-state index in [4.69, 9.17) is 9.84 Å². The number of nitriles is 1. The monoisotopic (exact) mass is 524 g/mol. The molecule has 2 aromatic carbocycles. The van der Waals surface area contributed by atoms with Gasteiger partial charge in [0.15, 0.2) is 6.61 Å². The van der Waals surface area contributed by atoms with Crippen molar-refractivity contribution < 1.29 is 32.6 Å². The van der Waals surface area contributed by atoms with Crippen LogP contribution in [-0.2, 0) is 21.9 Å². The van der Waals surface area contributed by atoms with Gasteiger partial charge in [0.1, 0.15) is 11.6 Å². The fraction of sp³-hybridized carbons (Fsp3) is 0.348. The number of amides is 1. The Balaban J connectivity index is 1.63. The predicted molar refractivity (Wildman–Crippen MR) is 115 cm³/mol. The molecule has 10 heteroatoms. The Kier molecular flexibility index (Phi) is 7.32. The van der Waals surface area contributed by atoms with Gasteiger partial charge in [0.2, 0.25) is 0 Å². The maximum Gasteiger partial charge on any atom is 0.379 e. The number of benzene rings is 2. The van der Waals surface area contributed by atoms with Crippen LogP contribution < -0.4 is 4.74 Å². The van der Waals surface area contributed by atoms with Gasteiger partial charge >= 0.3 is 11.9 Å². The second-order valence-electron chi connectivity index (χ2n) is 7.88. The summed E-state index contributed by atoms with van der Waals surface area (Å²) in [7, 11) is 0. The molecule has 0 radical (unpaired) electrons. The number of halogens is 4. The summed E-state index contributed by atoms with van der Waals surface area (Å²) in [5, 5.41) is 18.6. The van der Waals surface area contributed by atoms with E-state index in [1.165, 1.54) is 29.2 Å². The summed E-state index contributed by atoms with van der Waals surface area (Å²) < 4.78 is 46.8. The minimum Gasteiger partial charge on any atom is -0.483 e. The van der Waals surface area contributed by atoms with Crippen molar-refractivity contribution in [3.63, 3.8) is 0 Å². The van der Waals surface area contributed by atoms with E-state index in [2.05, 4.69) is 22.0 Å². The molecule has 3 rings (SSSR count). The number of carboxylic acids is 1. The van der Waals surface area contributed by atoms with Crippen LogP contribution in [0.5, 0.6) is 5.75 Å². The number of ether oxygens (including phenoxy) is 1. The van der Waals surface area contributed by atoms with Crippen molar-refractivity contribution in [2.24, 2.45) is 5.41 Å². The highest BCUT2D eigenvalue weighted by Gasteiger charge is 2.44. The van der Waals surface area contributed by atoms with Crippen molar-refractivity contribution in [2.45, 2.75) is 25.2 Å². The van der Waals surface area contributed by atoms with Gasteiger partial charge in [0.05, 0.1) is 17.0 Å². The number of likely N-dealkylation sites (tertiary alicyclic amines) is 1. The van der Waals surface area contributed by atoms with Crippen LogP contribution in [0.15, 0.2) is 46.9 Å². The highest BCUT2D eigenvalue weighted by atomic mass is 79.9. The topological polar surface area (TPSA) is 90.6 Å². The standard InChI is InChI=1S/C23H20BrF3N2O4/c24-16-3-6-19(18(11-16)23(26,27)21(31)32)33-13-20(30)29-9-7-22(14-28,8-10-29)12-15-1-4-17(25)5-2-15/h1-6,11H,7-10,12-13H2,(H,31,32). The van der Waals surface area contributed by atoms with E-state index in [0.29, 0.717) is 19.3 Å². The number of piperidine rings is 1. The second-order valence-corrected chi connectivity index (χ2v) is 8.80. The SMILES string of the molecule is N#CC1(Cc2ccc(F)cc2)CCN(C(=O)COc2ccc(Br)cc2C(F)(F)C(=O)O)CC1. The molecule has 0 unspecified atom stereocenters. The molecule has 6 nitrogen and oxygen atoms in total. The zero-order valence-electron chi connectivity index (χ0n) is 17.4. The number of alkyl halides is 2. The number of nitrogens with zero attached hydrogens (tertiary/aromatic N) is 2. The lowest BCUT2D eigenvalue weighted by atomic mass is 9.75. The van der Waals surface area contributed by atoms with Crippen LogP contribution in [0.2, 0.25) is 0 Å². The Bertz CT molecular complexity index is 1080. The zero-order chi connectivity index (χ0) is 24.2. The number of rotatable bonds is 7. The molecule has 174 valence electrons. The van der Waals surface area contributed by atoms with Gasteiger partial charge in [0.25, 0.3) is 5.91 Å². The number of carbonyl (C=O) groups excluding carboxylic acids is 1. The van der Waals surface area contributed by atoms with Crippen molar-refractivity contribution in [3.8, 4) is 11.8 Å². The van der Waals surface area contributed by atoms with Gasteiger partial charge in [-0.1, -0.05) is 28.1 Å². The summed E-state index contributed by atoms with van der Waals surface area (Å²) in [6.45, 7) is -0.00724. The van der Waals surface area contributed by atoms with Gasteiger partial charge in [-0.2, -0.15) is 14.0 Å². The highest BCUT2D eigenvalue weighted by Crippen LogP contribution is 2.38. The minimum absolute atomic E-state index is 0.238. The molecule has 0 aromatic heterocycles. The average Bonchev–Trinajstić information content (AvgIpc) is 2.80. The Morgan fingerprint density at radius 2 is 1.82 bits per heavy atom. The first-order valence-corrected chi connectivity index (χ1v) is 10.8. The van der Waals surface area contributed by atoms with E-state index in [0.717, 1.165) is 11.6 Å². The van der Waals surface area contributed by atoms with Crippen LogP contribution in [0.1, 0.15) is 24.0 Å². The van der Waals surface area contributed by atoms with Crippen molar-refractivity contribution in [2.75, 3.05) is 19.7 Å². The number of aliphatic carboxylic acids is 1. The summed E-state index contributed by atoms with van der Waals surface area (Å²) in [5.74, 6) is -7.75. The minimum atomic E-state index is -4.19. The van der Waals surface area contributed by atoms with Gasteiger partial charge in [-0.05, 0) is 55.2 Å². The van der Waals surface area contributed by atoms with Crippen LogP contribution in [0.3, 0.4) is 0 Å². The second kappa shape index (κ2) is 9.83. The molecule has 0 aliphatic carbocycles. The quantitative estimate of drug-likeness (QED) is 0.575. The molecule has 1 saturated heterocycles. The molecule has 1 aliphatic heterocycles. The number of hydrogen-bond donors (Lipinski definition) is 1. The molecule has 1 aliphatic rings. The lowest BCUT2D eigenvalue weighted by molar-refractivity contribution is -0.166. The molecule has 0 spiro atoms. The first kappa shape index (κ1) is 24.6. The van der Waals surface area contributed by atoms with Crippen molar-refractivity contribution in [3.05, 3.63) is 63.9 Å². The first-order valence-electron chi connectivity index (χ1n) is 10.0. The highest BCUT2D eigenvalue weighted by molar-refractivity contribution is 9.10. The smallest absolute Gasteiger partial charge is 0.379 e. The Morgan fingerprint density at radius 3 is 2.39 bits per heavy atom. The van der Waals surface area contributed by atoms with Crippen molar-refractivity contribution in [1.29, 1.82) is 5.26 Å². The molecule has 1 fully saturated rings. The summed E-state index contributed by atoms with van der Waals surface area (Å²) in [5.41, 5.74) is -0.737. The van der Waals surface area contributed by atoms with Gasteiger partial charge in [0, 0.05) is 17.6 Å². The molecule has 0 saturated carbocycles. The Morgan fingerprint density at radius 1 is 1.18 bits per heavy atom. The van der Waals surface area contributed by atoms with E-state index in [1.54, 1.807) is 12.1 Å². The van der Waals surface area contributed by atoms with Gasteiger partial charge in [-0.3, -0.25) is 4.79 Å². The number of hydrogen-bond acceptors (Lipinski definition) is 4. The fourth-order valence-corrected chi connectivity index (χ4v) is 4.09. The zero-order valence-corrected chi connectivity index (χ0v) is 18.9. The molecule has 1 heterocycles. The molecule has 1 amide bonds. The lowest BCUT2D eigenvalue weighted by Gasteiger charge is -2.37. The van der Waals surface area contributed by atoms with E-state index in [-0.39, 0.29) is 23.4 Å². The van der Waals surface area contributed by atoms with Crippen LogP contribution >= 0.6 is 15.9 Å². The molecular weight excluding hydrogens is 505 g/mol. The van der Waals surface area contributed by atoms with Gasteiger partial charge in [-0.15, -0.1) is 0 Å². The van der Waals surface area contributed by atoms with Crippen LogP contribution in [-0.4, -0.2) is 41.6 Å². The lowest BCUT2D eigenvalue weighted by Crippen LogP contribution is -2.45. The largest absolute Gasteiger partial charge is 0.483 e. The Hall–Kier alpha value is -3.06. The average molecular weight is 525 g/mol. The van der Waals surface area contributed by atoms with E-state index in [1.807, 2.05) is 0 Å². The summed E-state index contributed by atoms with van der Waals surface area (Å²) >= 11 is 3.02. The van der Waals surface area contributed by atoms with Crippen LogP contribution in [0, 0.1) is 22.6 Å². The van der Waals surface area contributed by atoms with Crippen LogP contribution in [0.25, 0.3) is 0 Å². The summed E-state index contributed by atoms with van der Waals surface area (Å²) in [6, 6.07) is 11.8. The van der Waals surface area contributed by atoms with E-state index < -0.39 is 41.1 Å². The van der Waals surface area contributed by atoms with E-state index >= 15 is 0 Å². The van der Waals surface area contributed by atoms with Crippen molar-refractivity contribution in [1.82, 2.24) is 4.90 Å². The molecule has 1 N–H and O–H groups in total. The number of carbonyl (C=O) groups is 2. The Labute approximate surface area is 196 Å². The molecule has 2 aromatic rings. The number of carboxylic acid groups (broad SMARTS) is 1. The van der Waals surface area contributed by atoms with Gasteiger partial charge < -0.3 is 14.7 Å². The van der Waals surface area contributed by atoms with Crippen LogP contribution in [0.4, 0.5) is 13.2 Å².